The molecule has 0 aromatic heterocycles. The molecule has 4 heteroatoms. The number of fused-ring (bicyclic) bond motifs is 1. The number of rotatable bonds is 7. The first-order valence-corrected chi connectivity index (χ1v) is 9.74. The first-order valence-electron chi connectivity index (χ1n) is 9.74. The molecule has 28 heavy (non-hydrogen) atoms. The summed E-state index contributed by atoms with van der Waals surface area (Å²) in [7, 11) is 4.12. The van der Waals surface area contributed by atoms with E-state index in [0.29, 0.717) is 13.1 Å². The molecule has 3 aromatic carbocycles. The highest BCUT2D eigenvalue weighted by atomic mass is 16.2. The molecule has 0 heterocycles. The Morgan fingerprint density at radius 2 is 1.57 bits per heavy atom. The van der Waals surface area contributed by atoms with E-state index in [9.17, 15) is 4.79 Å². The Bertz CT molecular complexity index is 931. The monoisotopic (exact) mass is 375 g/mol. The van der Waals surface area contributed by atoms with Crippen LogP contribution in [0, 0.1) is 6.92 Å². The first kappa shape index (κ1) is 19.9. The van der Waals surface area contributed by atoms with Crippen molar-refractivity contribution in [1.82, 2.24) is 15.5 Å². The van der Waals surface area contributed by atoms with Gasteiger partial charge in [0.05, 0.1) is 0 Å². The van der Waals surface area contributed by atoms with Gasteiger partial charge in [0.15, 0.2) is 0 Å². The SMILES string of the molecule is Cc1ccccc1CNC(=O)NC[C@H](Cc1cccc2ccccc12)N(C)C. The Hall–Kier alpha value is -2.85. The molecule has 0 aliphatic carbocycles. The summed E-state index contributed by atoms with van der Waals surface area (Å²) in [5.74, 6) is 0. The average molecular weight is 376 g/mol. The number of likely N-dealkylation sites (N-methyl/N-ethyl adjacent to an activating group) is 1. The van der Waals surface area contributed by atoms with Crippen LogP contribution in [-0.2, 0) is 13.0 Å². The molecule has 4 nitrogen and oxygen atoms in total. The van der Waals surface area contributed by atoms with Crippen molar-refractivity contribution in [2.45, 2.75) is 25.9 Å². The van der Waals surface area contributed by atoms with Gasteiger partial charge in [0.2, 0.25) is 0 Å². The van der Waals surface area contributed by atoms with Gasteiger partial charge < -0.3 is 15.5 Å². The maximum Gasteiger partial charge on any atom is 0.315 e. The number of nitrogens with zero attached hydrogens (tertiary/aromatic N) is 1. The molecular formula is C24H29N3O. The van der Waals surface area contributed by atoms with Crippen LogP contribution >= 0.6 is 0 Å². The minimum absolute atomic E-state index is 0.131. The van der Waals surface area contributed by atoms with Gasteiger partial charge in [0, 0.05) is 19.1 Å². The molecule has 0 fully saturated rings. The lowest BCUT2D eigenvalue weighted by Crippen LogP contribution is -2.45. The second kappa shape index (κ2) is 9.38. The molecule has 3 rings (SSSR count). The van der Waals surface area contributed by atoms with E-state index in [2.05, 4.69) is 85.1 Å². The smallest absolute Gasteiger partial charge is 0.315 e. The van der Waals surface area contributed by atoms with Crippen LogP contribution in [0.5, 0.6) is 0 Å². The number of hydrogen-bond donors (Lipinski definition) is 2. The molecule has 0 aliphatic heterocycles. The predicted octanol–water partition coefficient (Wildman–Crippen LogP) is 4.12. The fourth-order valence-corrected chi connectivity index (χ4v) is 3.42. The molecule has 0 aliphatic rings. The van der Waals surface area contributed by atoms with Crippen molar-refractivity contribution in [3.05, 3.63) is 83.4 Å². The Labute approximate surface area is 167 Å². The van der Waals surface area contributed by atoms with Crippen molar-refractivity contribution < 1.29 is 4.79 Å². The normalized spacial score (nSPS) is 12.1. The van der Waals surface area contributed by atoms with E-state index in [1.54, 1.807) is 0 Å². The van der Waals surface area contributed by atoms with Crippen LogP contribution in [0.15, 0.2) is 66.7 Å². The molecule has 146 valence electrons. The third-order valence-electron chi connectivity index (χ3n) is 5.26. The van der Waals surface area contributed by atoms with E-state index in [4.69, 9.17) is 0 Å². The van der Waals surface area contributed by atoms with Gasteiger partial charge in [-0.25, -0.2) is 4.79 Å². The van der Waals surface area contributed by atoms with Gasteiger partial charge in [-0.05, 0) is 54.9 Å². The van der Waals surface area contributed by atoms with Crippen molar-refractivity contribution in [3.8, 4) is 0 Å². The van der Waals surface area contributed by atoms with Crippen LogP contribution in [0.3, 0.4) is 0 Å². The molecule has 0 saturated carbocycles. The zero-order valence-corrected chi connectivity index (χ0v) is 16.9. The van der Waals surface area contributed by atoms with Gasteiger partial charge >= 0.3 is 6.03 Å². The highest BCUT2D eigenvalue weighted by molar-refractivity contribution is 5.85. The summed E-state index contributed by atoms with van der Waals surface area (Å²) in [6, 6.07) is 23.1. The minimum Gasteiger partial charge on any atom is -0.337 e. The zero-order valence-electron chi connectivity index (χ0n) is 16.9. The number of urea groups is 1. The number of amides is 2. The number of hydrogen-bond acceptors (Lipinski definition) is 2. The summed E-state index contributed by atoms with van der Waals surface area (Å²) in [4.78, 5) is 14.4. The third kappa shape index (κ3) is 5.11. The van der Waals surface area contributed by atoms with E-state index in [1.807, 2.05) is 18.2 Å². The maximum absolute atomic E-state index is 12.3. The number of nitrogens with one attached hydrogen (secondary N) is 2. The van der Waals surface area contributed by atoms with Crippen LogP contribution in [0.4, 0.5) is 4.79 Å². The Kier molecular flexibility index (Phi) is 6.66. The van der Waals surface area contributed by atoms with Crippen molar-refractivity contribution >= 4 is 16.8 Å². The van der Waals surface area contributed by atoms with Crippen molar-refractivity contribution in [2.75, 3.05) is 20.6 Å². The lowest BCUT2D eigenvalue weighted by atomic mass is 9.98. The molecule has 0 bridgehead atoms. The van der Waals surface area contributed by atoms with Crippen LogP contribution in [-0.4, -0.2) is 37.6 Å². The highest BCUT2D eigenvalue weighted by Crippen LogP contribution is 2.20. The largest absolute Gasteiger partial charge is 0.337 e. The van der Waals surface area contributed by atoms with Crippen molar-refractivity contribution in [3.63, 3.8) is 0 Å². The van der Waals surface area contributed by atoms with E-state index in [0.717, 1.165) is 12.0 Å². The number of benzene rings is 3. The summed E-state index contributed by atoms with van der Waals surface area (Å²) >= 11 is 0. The van der Waals surface area contributed by atoms with Gasteiger partial charge in [-0.3, -0.25) is 0 Å². The lowest BCUT2D eigenvalue weighted by Gasteiger charge is -2.25. The number of carbonyl (C=O) groups is 1. The van der Waals surface area contributed by atoms with Gasteiger partial charge in [-0.1, -0.05) is 66.7 Å². The van der Waals surface area contributed by atoms with Crippen molar-refractivity contribution in [2.24, 2.45) is 0 Å². The highest BCUT2D eigenvalue weighted by Gasteiger charge is 2.15. The van der Waals surface area contributed by atoms with E-state index in [-0.39, 0.29) is 12.1 Å². The molecule has 0 saturated heterocycles. The predicted molar refractivity (Wildman–Crippen MR) is 117 cm³/mol. The van der Waals surface area contributed by atoms with Gasteiger partial charge in [-0.2, -0.15) is 0 Å². The van der Waals surface area contributed by atoms with Gasteiger partial charge in [-0.15, -0.1) is 0 Å². The van der Waals surface area contributed by atoms with E-state index < -0.39 is 0 Å². The average Bonchev–Trinajstić information content (AvgIpc) is 2.70. The molecule has 2 N–H and O–H groups in total. The quantitative estimate of drug-likeness (QED) is 0.652. The second-order valence-electron chi connectivity index (χ2n) is 7.45. The molecule has 2 amide bonds. The lowest BCUT2D eigenvalue weighted by molar-refractivity contribution is 0.231. The Morgan fingerprint density at radius 1 is 0.893 bits per heavy atom. The molecule has 3 aromatic rings. The van der Waals surface area contributed by atoms with Gasteiger partial charge in [0.1, 0.15) is 0 Å². The summed E-state index contributed by atoms with van der Waals surface area (Å²) < 4.78 is 0. The fourth-order valence-electron chi connectivity index (χ4n) is 3.42. The Balaban J connectivity index is 1.59. The summed E-state index contributed by atoms with van der Waals surface area (Å²) in [5, 5.41) is 8.52. The van der Waals surface area contributed by atoms with Crippen LogP contribution < -0.4 is 10.6 Å². The Morgan fingerprint density at radius 3 is 2.36 bits per heavy atom. The standard InChI is InChI=1S/C24H29N3O/c1-18-9-4-5-11-21(18)16-25-24(28)26-17-22(27(2)3)15-20-13-8-12-19-10-6-7-14-23(19)20/h4-14,22H,15-17H2,1-3H3,(H2,25,26,28)/t22-/m0/s1. The maximum atomic E-state index is 12.3. The van der Waals surface area contributed by atoms with Crippen LogP contribution in [0.1, 0.15) is 16.7 Å². The number of carbonyl (C=O) groups excluding carboxylic acids is 1. The van der Waals surface area contributed by atoms with Crippen LogP contribution in [0.25, 0.3) is 10.8 Å². The first-order chi connectivity index (χ1) is 13.5. The molecular weight excluding hydrogens is 346 g/mol. The molecule has 0 unspecified atom stereocenters. The summed E-state index contributed by atoms with van der Waals surface area (Å²) in [5.41, 5.74) is 3.63. The summed E-state index contributed by atoms with van der Waals surface area (Å²) in [6.45, 7) is 3.19. The zero-order chi connectivity index (χ0) is 19.9. The van der Waals surface area contributed by atoms with Gasteiger partial charge in [0.25, 0.3) is 0 Å². The molecule has 0 radical (unpaired) electrons. The minimum atomic E-state index is -0.131. The second-order valence-corrected chi connectivity index (χ2v) is 7.45. The van der Waals surface area contributed by atoms with E-state index in [1.165, 1.54) is 21.9 Å². The molecule has 1 atom stereocenters. The van der Waals surface area contributed by atoms with E-state index >= 15 is 0 Å². The van der Waals surface area contributed by atoms with Crippen molar-refractivity contribution in [1.29, 1.82) is 0 Å². The number of aryl methyl sites for hydroxylation is 1. The third-order valence-corrected chi connectivity index (χ3v) is 5.26. The topological polar surface area (TPSA) is 44.4 Å². The van der Waals surface area contributed by atoms with Crippen LogP contribution in [0.2, 0.25) is 0 Å². The molecule has 0 spiro atoms. The fraction of sp³-hybridized carbons (Fsp3) is 0.292. The summed E-state index contributed by atoms with van der Waals surface area (Å²) in [6.07, 6.45) is 0.881.